The molecule has 1 aliphatic rings. The third-order valence-electron chi connectivity index (χ3n) is 4.92. The van der Waals surface area contributed by atoms with E-state index in [2.05, 4.69) is 10.4 Å². The quantitative estimate of drug-likeness (QED) is 0.682. The number of benzene rings is 2. The first-order valence-electron chi connectivity index (χ1n) is 9.22. The van der Waals surface area contributed by atoms with Crippen LogP contribution in [-0.4, -0.2) is 28.8 Å². The summed E-state index contributed by atoms with van der Waals surface area (Å²) in [6, 6.07) is 14.6. The van der Waals surface area contributed by atoms with Crippen molar-refractivity contribution in [2.24, 2.45) is 0 Å². The van der Waals surface area contributed by atoms with Gasteiger partial charge in [-0.15, -0.1) is 0 Å². The van der Waals surface area contributed by atoms with Crippen molar-refractivity contribution in [2.75, 3.05) is 12.4 Å². The summed E-state index contributed by atoms with van der Waals surface area (Å²) in [4.78, 5) is 24.5. The molecule has 6 heteroatoms. The second-order valence-electron chi connectivity index (χ2n) is 6.94. The van der Waals surface area contributed by atoms with Crippen molar-refractivity contribution in [3.63, 3.8) is 0 Å². The van der Waals surface area contributed by atoms with Crippen molar-refractivity contribution in [1.82, 2.24) is 9.78 Å². The van der Waals surface area contributed by atoms with Gasteiger partial charge in [0, 0.05) is 11.6 Å². The number of methoxy groups -OCH3 is 1. The maximum Gasteiger partial charge on any atom is 0.337 e. The molecule has 1 aromatic heterocycles. The molecule has 28 heavy (non-hydrogen) atoms. The molecular formula is C22H21N3O3. The van der Waals surface area contributed by atoms with Gasteiger partial charge >= 0.3 is 5.97 Å². The standard InChI is InChI=1S/C22H21N3O3/c1-14-5-3-4-6-19(14)25-20(15-7-8-15)18(13-23-25)21(26)24-17-11-9-16(10-12-17)22(27)28-2/h3-6,9-13,15H,7-8H2,1-2H3,(H,24,26). The number of carbonyl (C=O) groups excluding carboxylic acids is 2. The fourth-order valence-corrected chi connectivity index (χ4v) is 3.28. The van der Waals surface area contributed by atoms with E-state index in [1.807, 2.05) is 35.9 Å². The summed E-state index contributed by atoms with van der Waals surface area (Å²) >= 11 is 0. The zero-order valence-corrected chi connectivity index (χ0v) is 15.8. The van der Waals surface area contributed by atoms with Crippen molar-refractivity contribution < 1.29 is 14.3 Å². The molecule has 1 amide bonds. The number of para-hydroxylation sites is 1. The number of aryl methyl sites for hydroxylation is 1. The Labute approximate surface area is 163 Å². The summed E-state index contributed by atoms with van der Waals surface area (Å²) < 4.78 is 6.58. The Morgan fingerprint density at radius 2 is 1.82 bits per heavy atom. The average molecular weight is 375 g/mol. The summed E-state index contributed by atoms with van der Waals surface area (Å²) in [7, 11) is 1.34. The van der Waals surface area contributed by atoms with Crippen molar-refractivity contribution >= 4 is 17.6 Å². The smallest absolute Gasteiger partial charge is 0.337 e. The number of hydrogen-bond acceptors (Lipinski definition) is 4. The number of nitrogens with zero attached hydrogens (tertiary/aromatic N) is 2. The highest BCUT2D eigenvalue weighted by Gasteiger charge is 2.33. The number of nitrogens with one attached hydrogen (secondary N) is 1. The highest BCUT2D eigenvalue weighted by molar-refractivity contribution is 6.05. The molecule has 0 radical (unpaired) electrons. The first kappa shape index (κ1) is 18.0. The van der Waals surface area contributed by atoms with Crippen LogP contribution in [0.15, 0.2) is 54.7 Å². The summed E-state index contributed by atoms with van der Waals surface area (Å²) in [5.74, 6) is -0.259. The molecule has 1 aliphatic carbocycles. The van der Waals surface area contributed by atoms with Gasteiger partial charge in [0.1, 0.15) is 0 Å². The Morgan fingerprint density at radius 3 is 2.46 bits per heavy atom. The van der Waals surface area contributed by atoms with Crippen LogP contribution in [0.3, 0.4) is 0 Å². The molecule has 1 heterocycles. The van der Waals surface area contributed by atoms with E-state index in [0.29, 0.717) is 22.7 Å². The highest BCUT2D eigenvalue weighted by Crippen LogP contribution is 2.42. The summed E-state index contributed by atoms with van der Waals surface area (Å²) in [6.45, 7) is 2.04. The maximum atomic E-state index is 12.9. The predicted molar refractivity (Wildman–Crippen MR) is 106 cm³/mol. The van der Waals surface area contributed by atoms with Crippen molar-refractivity contribution in [1.29, 1.82) is 0 Å². The predicted octanol–water partition coefficient (Wildman–Crippen LogP) is 4.10. The van der Waals surface area contributed by atoms with Crippen LogP contribution in [0.4, 0.5) is 5.69 Å². The lowest BCUT2D eigenvalue weighted by molar-refractivity contribution is 0.0600. The van der Waals surface area contributed by atoms with Crippen LogP contribution in [-0.2, 0) is 4.74 Å². The minimum Gasteiger partial charge on any atom is -0.465 e. The minimum atomic E-state index is -0.409. The van der Waals surface area contributed by atoms with Crippen molar-refractivity contribution in [2.45, 2.75) is 25.7 Å². The molecular weight excluding hydrogens is 354 g/mol. The van der Waals surface area contributed by atoms with E-state index in [4.69, 9.17) is 4.74 Å². The number of anilines is 1. The van der Waals surface area contributed by atoms with Gasteiger partial charge in [-0.25, -0.2) is 9.48 Å². The van der Waals surface area contributed by atoms with Crippen LogP contribution in [0.2, 0.25) is 0 Å². The number of carbonyl (C=O) groups is 2. The number of aromatic nitrogens is 2. The molecule has 0 saturated heterocycles. The van der Waals surface area contributed by atoms with Crippen LogP contribution < -0.4 is 5.32 Å². The molecule has 0 spiro atoms. The Balaban J connectivity index is 1.62. The lowest BCUT2D eigenvalue weighted by atomic mass is 10.1. The molecule has 0 unspecified atom stereocenters. The van der Waals surface area contributed by atoms with Crippen molar-refractivity contribution in [3.05, 3.63) is 77.1 Å². The Kier molecular flexibility index (Phi) is 4.69. The third-order valence-corrected chi connectivity index (χ3v) is 4.92. The number of rotatable bonds is 5. The van der Waals surface area contributed by atoms with Gasteiger partial charge in [0.2, 0.25) is 0 Å². The average Bonchev–Trinajstić information content (AvgIpc) is 3.46. The van der Waals surface area contributed by atoms with Crippen molar-refractivity contribution in [3.8, 4) is 5.69 Å². The molecule has 3 aromatic rings. The van der Waals surface area contributed by atoms with Crippen LogP contribution in [0.5, 0.6) is 0 Å². The molecule has 1 N–H and O–H groups in total. The van der Waals surface area contributed by atoms with Crippen LogP contribution in [0.25, 0.3) is 5.69 Å². The summed E-state index contributed by atoms with van der Waals surface area (Å²) in [5.41, 5.74) is 4.69. The fourth-order valence-electron chi connectivity index (χ4n) is 3.28. The molecule has 0 bridgehead atoms. The Morgan fingerprint density at radius 1 is 1.11 bits per heavy atom. The van der Waals surface area contributed by atoms with Gasteiger partial charge in [0.25, 0.3) is 5.91 Å². The van der Waals surface area contributed by atoms with Gasteiger partial charge in [-0.2, -0.15) is 5.10 Å². The summed E-state index contributed by atoms with van der Waals surface area (Å²) in [6.07, 6.45) is 3.76. The zero-order valence-electron chi connectivity index (χ0n) is 15.8. The van der Waals surface area contributed by atoms with E-state index in [1.165, 1.54) is 7.11 Å². The third kappa shape index (κ3) is 3.41. The first-order valence-corrected chi connectivity index (χ1v) is 9.22. The first-order chi connectivity index (χ1) is 13.6. The van der Waals surface area contributed by atoms with Crippen LogP contribution in [0, 0.1) is 6.92 Å². The van der Waals surface area contributed by atoms with E-state index < -0.39 is 5.97 Å². The maximum absolute atomic E-state index is 12.9. The molecule has 6 nitrogen and oxygen atoms in total. The minimum absolute atomic E-state index is 0.201. The van der Waals surface area contributed by atoms with Crippen LogP contribution >= 0.6 is 0 Å². The lowest BCUT2D eigenvalue weighted by Gasteiger charge is -2.11. The second kappa shape index (κ2) is 7.31. The largest absolute Gasteiger partial charge is 0.465 e. The Bertz CT molecular complexity index is 1030. The molecule has 142 valence electrons. The topological polar surface area (TPSA) is 73.2 Å². The molecule has 0 aliphatic heterocycles. The normalized spacial score (nSPS) is 13.2. The van der Waals surface area contributed by atoms with Gasteiger partial charge in [0.05, 0.1) is 35.8 Å². The lowest BCUT2D eigenvalue weighted by Crippen LogP contribution is -2.14. The number of hydrogen-bond donors (Lipinski definition) is 1. The Hall–Kier alpha value is -3.41. The fraction of sp³-hybridized carbons (Fsp3) is 0.227. The highest BCUT2D eigenvalue weighted by atomic mass is 16.5. The van der Waals surface area contributed by atoms with E-state index in [1.54, 1.807) is 30.5 Å². The molecule has 1 saturated carbocycles. The zero-order chi connectivity index (χ0) is 19.7. The molecule has 2 aromatic carbocycles. The van der Waals surface area contributed by atoms with E-state index in [9.17, 15) is 9.59 Å². The van der Waals surface area contributed by atoms with Gasteiger partial charge < -0.3 is 10.1 Å². The molecule has 0 atom stereocenters. The van der Waals surface area contributed by atoms with Gasteiger partial charge in [-0.1, -0.05) is 18.2 Å². The van der Waals surface area contributed by atoms with E-state index in [-0.39, 0.29) is 5.91 Å². The van der Waals surface area contributed by atoms with E-state index >= 15 is 0 Å². The molecule has 1 fully saturated rings. The summed E-state index contributed by atoms with van der Waals surface area (Å²) in [5, 5.41) is 7.41. The number of esters is 1. The van der Waals surface area contributed by atoms with Gasteiger partial charge in [-0.05, 0) is 55.7 Å². The number of amides is 1. The number of ether oxygens (including phenoxy) is 1. The SMILES string of the molecule is COC(=O)c1ccc(NC(=O)c2cnn(-c3ccccc3C)c2C2CC2)cc1. The van der Waals surface area contributed by atoms with Crippen LogP contribution in [0.1, 0.15) is 50.7 Å². The van der Waals surface area contributed by atoms with E-state index in [0.717, 1.165) is 29.8 Å². The monoisotopic (exact) mass is 375 g/mol. The van der Waals surface area contributed by atoms with Gasteiger partial charge in [0.15, 0.2) is 0 Å². The van der Waals surface area contributed by atoms with Gasteiger partial charge in [-0.3, -0.25) is 4.79 Å². The second-order valence-corrected chi connectivity index (χ2v) is 6.94. The molecule has 4 rings (SSSR count).